The molecule has 0 radical (unpaired) electrons. The van der Waals surface area contributed by atoms with Crippen LogP contribution in [0.25, 0.3) is 22.2 Å². The van der Waals surface area contributed by atoms with Crippen LogP contribution in [0.1, 0.15) is 5.56 Å². The largest absolute Gasteiger partial charge is 0.508 e. The summed E-state index contributed by atoms with van der Waals surface area (Å²) in [4.78, 5) is 14.3. The summed E-state index contributed by atoms with van der Waals surface area (Å²) in [6.45, 7) is 0. The number of benzene rings is 2. The minimum absolute atomic E-state index is 0.0605. The molecule has 4 heteroatoms. The Bertz CT molecular complexity index is 789. The van der Waals surface area contributed by atoms with E-state index in [0.717, 1.165) is 27.7 Å². The number of phenolic OH excluding ortho intramolecular Hbond substituents is 1. The fourth-order valence-electron chi connectivity index (χ4n) is 2.44. The summed E-state index contributed by atoms with van der Waals surface area (Å²) in [5.74, 6) is -0.724. The summed E-state index contributed by atoms with van der Waals surface area (Å²) in [6.07, 6.45) is -0.0605. The van der Waals surface area contributed by atoms with E-state index >= 15 is 0 Å². The first-order chi connectivity index (χ1) is 9.65. The van der Waals surface area contributed by atoms with E-state index in [9.17, 15) is 9.90 Å². The molecule has 3 aromatic rings. The van der Waals surface area contributed by atoms with Crippen LogP contribution in [0.5, 0.6) is 5.75 Å². The molecule has 100 valence electrons. The van der Waals surface area contributed by atoms with Gasteiger partial charge >= 0.3 is 5.97 Å². The van der Waals surface area contributed by atoms with Crippen molar-refractivity contribution in [1.82, 2.24) is 4.98 Å². The number of aromatic hydroxyl groups is 1. The highest BCUT2D eigenvalue weighted by molar-refractivity contribution is 5.94. The minimum Gasteiger partial charge on any atom is -0.508 e. The molecular weight excluding hydrogens is 254 g/mol. The van der Waals surface area contributed by atoms with Gasteiger partial charge in [0, 0.05) is 16.5 Å². The van der Waals surface area contributed by atoms with Crippen LogP contribution in [-0.2, 0) is 11.2 Å². The van der Waals surface area contributed by atoms with Gasteiger partial charge < -0.3 is 15.2 Å². The number of carboxylic acids is 1. The van der Waals surface area contributed by atoms with Crippen LogP contribution in [0.3, 0.4) is 0 Å². The predicted octanol–water partition coefficient (Wildman–Crippen LogP) is 3.17. The fraction of sp³-hybridized carbons (Fsp3) is 0.0625. The zero-order valence-electron chi connectivity index (χ0n) is 10.6. The molecule has 20 heavy (non-hydrogen) atoms. The second-order valence-corrected chi connectivity index (χ2v) is 4.64. The topological polar surface area (TPSA) is 73.3 Å². The number of para-hydroxylation sites is 1. The van der Waals surface area contributed by atoms with Gasteiger partial charge in [0.05, 0.1) is 12.1 Å². The van der Waals surface area contributed by atoms with Crippen LogP contribution in [0.4, 0.5) is 0 Å². The lowest BCUT2D eigenvalue weighted by atomic mass is 10.0. The summed E-state index contributed by atoms with van der Waals surface area (Å²) in [6, 6.07) is 14.4. The average molecular weight is 267 g/mol. The van der Waals surface area contributed by atoms with Gasteiger partial charge in [0.2, 0.25) is 0 Å². The Balaban J connectivity index is 2.26. The van der Waals surface area contributed by atoms with E-state index in [1.54, 1.807) is 18.2 Å². The van der Waals surface area contributed by atoms with Crippen molar-refractivity contribution in [3.8, 4) is 17.0 Å². The van der Waals surface area contributed by atoms with Crippen LogP contribution in [0, 0.1) is 0 Å². The Morgan fingerprint density at radius 2 is 1.90 bits per heavy atom. The highest BCUT2D eigenvalue weighted by Gasteiger charge is 2.15. The second kappa shape index (κ2) is 4.74. The number of aromatic nitrogens is 1. The molecule has 0 amide bonds. The molecule has 1 aromatic heterocycles. The molecule has 0 bridgehead atoms. The fourth-order valence-corrected chi connectivity index (χ4v) is 2.44. The molecule has 0 unspecified atom stereocenters. The lowest BCUT2D eigenvalue weighted by molar-refractivity contribution is -0.136. The molecule has 2 aromatic carbocycles. The Morgan fingerprint density at radius 3 is 2.65 bits per heavy atom. The lowest BCUT2D eigenvalue weighted by Gasteiger charge is -2.03. The van der Waals surface area contributed by atoms with Gasteiger partial charge in [-0.2, -0.15) is 0 Å². The summed E-state index contributed by atoms with van der Waals surface area (Å²) in [7, 11) is 0. The predicted molar refractivity (Wildman–Crippen MR) is 76.7 cm³/mol. The van der Waals surface area contributed by atoms with Gasteiger partial charge in [0.1, 0.15) is 5.75 Å². The lowest BCUT2D eigenvalue weighted by Crippen LogP contribution is -2.00. The molecule has 0 aliphatic heterocycles. The third-order valence-corrected chi connectivity index (χ3v) is 3.28. The van der Waals surface area contributed by atoms with Gasteiger partial charge in [0.25, 0.3) is 0 Å². The van der Waals surface area contributed by atoms with Crippen molar-refractivity contribution >= 4 is 16.9 Å². The maximum atomic E-state index is 11.1. The molecule has 4 nitrogen and oxygen atoms in total. The van der Waals surface area contributed by atoms with E-state index in [4.69, 9.17) is 5.11 Å². The number of aromatic amines is 1. The minimum atomic E-state index is -0.879. The van der Waals surface area contributed by atoms with E-state index in [1.165, 1.54) is 0 Å². The van der Waals surface area contributed by atoms with Gasteiger partial charge in [-0.15, -0.1) is 0 Å². The standard InChI is InChI=1S/C16H13NO3/c18-11-5-3-4-10(8-11)16-13(9-15(19)20)12-6-1-2-7-14(12)17-16/h1-8,17-18H,9H2,(H,19,20). The number of nitrogens with one attached hydrogen (secondary N) is 1. The zero-order chi connectivity index (χ0) is 14.1. The zero-order valence-corrected chi connectivity index (χ0v) is 10.6. The number of carboxylic acid groups (broad SMARTS) is 1. The highest BCUT2D eigenvalue weighted by atomic mass is 16.4. The number of aliphatic carboxylic acids is 1. The van der Waals surface area contributed by atoms with Gasteiger partial charge in [0.15, 0.2) is 0 Å². The number of fused-ring (bicyclic) bond motifs is 1. The molecule has 0 saturated carbocycles. The molecule has 1 heterocycles. The molecule has 0 aliphatic carbocycles. The molecule has 0 fully saturated rings. The van der Waals surface area contributed by atoms with Crippen molar-refractivity contribution in [2.24, 2.45) is 0 Å². The summed E-state index contributed by atoms with van der Waals surface area (Å²) in [5.41, 5.74) is 3.14. The quantitative estimate of drug-likeness (QED) is 0.682. The van der Waals surface area contributed by atoms with Crippen LogP contribution in [0.2, 0.25) is 0 Å². The van der Waals surface area contributed by atoms with E-state index < -0.39 is 5.97 Å². The van der Waals surface area contributed by atoms with Gasteiger partial charge in [-0.1, -0.05) is 30.3 Å². The number of hydrogen-bond acceptors (Lipinski definition) is 2. The summed E-state index contributed by atoms with van der Waals surface area (Å²) >= 11 is 0. The SMILES string of the molecule is O=C(O)Cc1c(-c2cccc(O)c2)[nH]c2ccccc12. The van der Waals surface area contributed by atoms with E-state index in [1.807, 2.05) is 30.3 Å². The molecule has 0 atom stereocenters. The van der Waals surface area contributed by atoms with E-state index in [2.05, 4.69) is 4.98 Å². The first kappa shape index (κ1) is 12.3. The second-order valence-electron chi connectivity index (χ2n) is 4.64. The van der Waals surface area contributed by atoms with Crippen LogP contribution < -0.4 is 0 Å². The van der Waals surface area contributed by atoms with Crippen LogP contribution in [0.15, 0.2) is 48.5 Å². The Hall–Kier alpha value is -2.75. The van der Waals surface area contributed by atoms with E-state index in [-0.39, 0.29) is 12.2 Å². The number of rotatable bonds is 3. The number of hydrogen-bond donors (Lipinski definition) is 3. The Labute approximate surface area is 115 Å². The number of carbonyl (C=O) groups is 1. The van der Waals surface area contributed by atoms with Gasteiger partial charge in [-0.05, 0) is 23.8 Å². The summed E-state index contributed by atoms with van der Waals surface area (Å²) < 4.78 is 0. The maximum Gasteiger partial charge on any atom is 0.307 e. The molecule has 3 N–H and O–H groups in total. The van der Waals surface area contributed by atoms with Crippen molar-refractivity contribution in [2.75, 3.05) is 0 Å². The van der Waals surface area contributed by atoms with Gasteiger partial charge in [-0.3, -0.25) is 4.79 Å². The van der Waals surface area contributed by atoms with Crippen LogP contribution >= 0.6 is 0 Å². The first-order valence-electron chi connectivity index (χ1n) is 6.26. The highest BCUT2D eigenvalue weighted by Crippen LogP contribution is 2.32. The normalized spacial score (nSPS) is 10.8. The average Bonchev–Trinajstić information content (AvgIpc) is 2.77. The molecule has 0 saturated heterocycles. The van der Waals surface area contributed by atoms with Crippen molar-refractivity contribution in [2.45, 2.75) is 6.42 Å². The molecule has 0 spiro atoms. The van der Waals surface area contributed by atoms with Crippen molar-refractivity contribution in [3.05, 3.63) is 54.1 Å². The van der Waals surface area contributed by atoms with Crippen LogP contribution in [-0.4, -0.2) is 21.2 Å². The molecular formula is C16H13NO3. The van der Waals surface area contributed by atoms with Crippen molar-refractivity contribution in [1.29, 1.82) is 0 Å². The first-order valence-corrected chi connectivity index (χ1v) is 6.26. The smallest absolute Gasteiger partial charge is 0.307 e. The summed E-state index contributed by atoms with van der Waals surface area (Å²) in [5, 5.41) is 19.6. The maximum absolute atomic E-state index is 11.1. The monoisotopic (exact) mass is 267 g/mol. The Morgan fingerprint density at radius 1 is 1.10 bits per heavy atom. The third-order valence-electron chi connectivity index (χ3n) is 3.28. The van der Waals surface area contributed by atoms with Crippen molar-refractivity contribution in [3.63, 3.8) is 0 Å². The molecule has 0 aliphatic rings. The third kappa shape index (κ3) is 2.12. The van der Waals surface area contributed by atoms with E-state index in [0.29, 0.717) is 0 Å². The van der Waals surface area contributed by atoms with Gasteiger partial charge in [-0.25, -0.2) is 0 Å². The molecule has 3 rings (SSSR count). The Kier molecular flexibility index (Phi) is 2.91. The number of phenols is 1. The number of H-pyrrole nitrogens is 1. The van der Waals surface area contributed by atoms with Crippen molar-refractivity contribution < 1.29 is 15.0 Å².